The first kappa shape index (κ1) is 16.4. The van der Waals surface area contributed by atoms with E-state index in [0.29, 0.717) is 10.8 Å². The molecule has 11 heteroatoms. The van der Waals surface area contributed by atoms with Gasteiger partial charge in [0.25, 0.3) is 0 Å². The van der Waals surface area contributed by atoms with E-state index in [2.05, 4.69) is 23.8 Å². The van der Waals surface area contributed by atoms with Crippen molar-refractivity contribution in [3.8, 4) is 0 Å². The third-order valence-corrected chi connectivity index (χ3v) is 3.55. The minimum absolute atomic E-state index is 0. The highest BCUT2D eigenvalue weighted by Crippen LogP contribution is 2.21. The summed E-state index contributed by atoms with van der Waals surface area (Å²) in [6.07, 6.45) is 1.40. The van der Waals surface area contributed by atoms with E-state index in [-0.39, 0.29) is 14.6 Å². The van der Waals surface area contributed by atoms with E-state index in [9.17, 15) is 13.0 Å². The Labute approximate surface area is 132 Å². The van der Waals surface area contributed by atoms with Crippen molar-refractivity contribution in [3.05, 3.63) is 30.6 Å². The summed E-state index contributed by atoms with van der Waals surface area (Å²) in [7, 11) is -2.90. The number of nitrogens with zero attached hydrogens (tertiary/aromatic N) is 5. The Bertz CT molecular complexity index is 721. The SMILES string of the molecule is CN(CCOS(=O)(=O)[O-])c1ccc(N=Nc2ncns2)cc1.[H+]. The summed E-state index contributed by atoms with van der Waals surface area (Å²) in [5.74, 6) is 0. The molecule has 2 rings (SSSR count). The first-order valence-corrected chi connectivity index (χ1v) is 8.14. The van der Waals surface area contributed by atoms with E-state index in [4.69, 9.17) is 0 Å². The van der Waals surface area contributed by atoms with Gasteiger partial charge in [0.05, 0.1) is 12.3 Å². The number of hydrogen-bond donors (Lipinski definition) is 0. The van der Waals surface area contributed by atoms with Crippen molar-refractivity contribution in [2.24, 2.45) is 10.2 Å². The average molecular weight is 343 g/mol. The topological polar surface area (TPSA) is 120 Å². The average Bonchev–Trinajstić information content (AvgIpc) is 2.97. The molecule has 0 spiro atoms. The van der Waals surface area contributed by atoms with Crippen molar-refractivity contribution in [2.75, 3.05) is 25.1 Å². The summed E-state index contributed by atoms with van der Waals surface area (Å²) in [6, 6.07) is 7.09. The molecule has 0 bridgehead atoms. The standard InChI is InChI=1S/C11H13N5O4S2/c1-16(6-7-20-22(17,18)19)10-4-2-9(3-5-10)14-15-11-12-8-13-21-11/h2-5,8H,6-7H2,1H3,(H,17,18,19). The molecule has 0 N–H and O–H groups in total. The van der Waals surface area contributed by atoms with Crippen LogP contribution in [0.5, 0.6) is 0 Å². The molecule has 0 aliphatic heterocycles. The van der Waals surface area contributed by atoms with E-state index < -0.39 is 10.4 Å². The Morgan fingerprint density at radius 1 is 1.36 bits per heavy atom. The smallest absolute Gasteiger partial charge is 0.726 e. The van der Waals surface area contributed by atoms with Crippen LogP contribution in [0.2, 0.25) is 0 Å². The number of anilines is 1. The van der Waals surface area contributed by atoms with Crippen LogP contribution in [0.15, 0.2) is 40.8 Å². The second-order valence-electron chi connectivity index (χ2n) is 4.09. The molecule has 0 atom stereocenters. The zero-order valence-electron chi connectivity index (χ0n) is 12.5. The molecule has 118 valence electrons. The summed E-state index contributed by atoms with van der Waals surface area (Å²) < 4.78 is 39.0. The van der Waals surface area contributed by atoms with Crippen molar-refractivity contribution >= 4 is 38.4 Å². The lowest BCUT2D eigenvalue weighted by molar-refractivity contribution is 0.267. The van der Waals surface area contributed by atoms with Crippen LogP contribution >= 0.6 is 11.5 Å². The lowest BCUT2D eigenvalue weighted by Crippen LogP contribution is -2.23. The molecule has 0 unspecified atom stereocenters. The Morgan fingerprint density at radius 3 is 2.68 bits per heavy atom. The van der Waals surface area contributed by atoms with Gasteiger partial charge in [-0.25, -0.2) is 13.4 Å². The Balaban J connectivity index is 0.00000264. The number of hydrogen-bond acceptors (Lipinski definition) is 10. The van der Waals surface area contributed by atoms with Gasteiger partial charge in [0.15, 0.2) is 0 Å². The molecule has 2 aromatic rings. The fourth-order valence-electron chi connectivity index (χ4n) is 1.49. The third kappa shape index (κ3) is 5.44. The van der Waals surface area contributed by atoms with Gasteiger partial charge in [0.2, 0.25) is 15.5 Å². The van der Waals surface area contributed by atoms with Gasteiger partial charge in [-0.2, -0.15) is 4.37 Å². The van der Waals surface area contributed by atoms with Crippen molar-refractivity contribution in [2.45, 2.75) is 0 Å². The lowest BCUT2D eigenvalue weighted by atomic mass is 10.2. The fourth-order valence-corrected chi connectivity index (χ4v) is 2.13. The van der Waals surface area contributed by atoms with Gasteiger partial charge in [0.1, 0.15) is 6.33 Å². The monoisotopic (exact) mass is 343 g/mol. The van der Waals surface area contributed by atoms with E-state index in [1.807, 2.05) is 0 Å². The zero-order valence-corrected chi connectivity index (χ0v) is 13.1. The first-order chi connectivity index (χ1) is 10.4. The molecule has 1 aromatic carbocycles. The van der Waals surface area contributed by atoms with Crippen molar-refractivity contribution in [1.29, 1.82) is 0 Å². The molecular weight excluding hydrogens is 330 g/mol. The number of likely N-dealkylation sites (N-methyl/N-ethyl adjacent to an activating group) is 1. The van der Waals surface area contributed by atoms with E-state index >= 15 is 0 Å². The van der Waals surface area contributed by atoms with Crippen molar-refractivity contribution in [3.63, 3.8) is 0 Å². The highest BCUT2D eigenvalue weighted by molar-refractivity contribution is 7.80. The van der Waals surface area contributed by atoms with Gasteiger partial charge in [-0.05, 0) is 24.3 Å². The summed E-state index contributed by atoms with van der Waals surface area (Å²) in [6.45, 7) is 0.0496. The van der Waals surface area contributed by atoms with E-state index in [1.165, 1.54) is 6.33 Å². The minimum Gasteiger partial charge on any atom is -0.726 e. The molecule has 22 heavy (non-hydrogen) atoms. The van der Waals surface area contributed by atoms with Crippen molar-refractivity contribution < 1.29 is 18.6 Å². The zero-order chi connectivity index (χ0) is 16.0. The molecule has 0 aliphatic rings. The molecule has 1 aromatic heterocycles. The number of benzene rings is 1. The normalized spacial score (nSPS) is 11.9. The molecular formula is C11H13N5O4S2. The number of azo groups is 1. The Hall–Kier alpha value is -1.95. The molecule has 9 nitrogen and oxygen atoms in total. The van der Waals surface area contributed by atoms with Crippen LogP contribution in [0.25, 0.3) is 0 Å². The molecule has 0 amide bonds. The highest BCUT2D eigenvalue weighted by atomic mass is 32.3. The van der Waals surface area contributed by atoms with Crippen molar-refractivity contribution in [1.82, 2.24) is 9.36 Å². The maximum Gasteiger partial charge on any atom is 1.00 e. The predicted molar refractivity (Wildman–Crippen MR) is 80.6 cm³/mol. The largest absolute Gasteiger partial charge is 1.00 e. The van der Waals surface area contributed by atoms with Crippen LogP contribution in [-0.2, 0) is 14.6 Å². The summed E-state index contributed by atoms with van der Waals surface area (Å²) in [5.41, 5.74) is 1.47. The predicted octanol–water partition coefficient (Wildman–Crippen LogP) is 1.98. The number of rotatable bonds is 7. The second-order valence-corrected chi connectivity index (χ2v) is 5.90. The van der Waals surface area contributed by atoms with Crippen LogP contribution in [0, 0.1) is 0 Å². The van der Waals surface area contributed by atoms with Crippen LogP contribution < -0.4 is 4.90 Å². The molecule has 1 heterocycles. The first-order valence-electron chi connectivity index (χ1n) is 6.04. The van der Waals surface area contributed by atoms with Gasteiger partial charge >= 0.3 is 1.43 Å². The maximum atomic E-state index is 10.3. The summed E-state index contributed by atoms with van der Waals surface area (Å²) >= 11 is 1.14. The fraction of sp³-hybridized carbons (Fsp3) is 0.273. The molecule has 0 saturated heterocycles. The molecule has 0 saturated carbocycles. The van der Waals surface area contributed by atoms with Gasteiger partial charge in [0, 0.05) is 30.8 Å². The molecule has 0 aliphatic carbocycles. The van der Waals surface area contributed by atoms with E-state index in [1.54, 1.807) is 36.2 Å². The summed E-state index contributed by atoms with van der Waals surface area (Å²) in [4.78, 5) is 5.63. The second kappa shape index (κ2) is 7.35. The molecule has 0 fully saturated rings. The minimum atomic E-state index is -4.65. The van der Waals surface area contributed by atoms with Crippen LogP contribution in [-0.4, -0.2) is 42.5 Å². The number of aromatic nitrogens is 2. The summed E-state index contributed by atoms with van der Waals surface area (Å²) in [5, 5.41) is 8.40. The quantitative estimate of drug-likeness (QED) is 0.428. The maximum absolute atomic E-state index is 10.3. The Morgan fingerprint density at radius 2 is 2.09 bits per heavy atom. The Kier molecular flexibility index (Phi) is 5.49. The van der Waals surface area contributed by atoms with Crippen LogP contribution in [0.1, 0.15) is 1.43 Å². The van der Waals surface area contributed by atoms with Crippen LogP contribution in [0.3, 0.4) is 0 Å². The van der Waals surface area contributed by atoms with Crippen LogP contribution in [0.4, 0.5) is 16.5 Å². The van der Waals surface area contributed by atoms with Gasteiger partial charge in [-0.15, -0.1) is 10.2 Å². The van der Waals surface area contributed by atoms with Gasteiger partial charge < -0.3 is 9.45 Å². The van der Waals surface area contributed by atoms with Gasteiger partial charge in [-0.3, -0.25) is 4.18 Å². The highest BCUT2D eigenvalue weighted by Gasteiger charge is 2.03. The van der Waals surface area contributed by atoms with Gasteiger partial charge in [-0.1, -0.05) is 0 Å². The third-order valence-electron chi connectivity index (χ3n) is 2.55. The molecule has 0 radical (unpaired) electrons. The lowest BCUT2D eigenvalue weighted by Gasteiger charge is -2.19. The van der Waals surface area contributed by atoms with E-state index in [0.717, 1.165) is 17.2 Å².